The monoisotopic (exact) mass is 207 g/mol. The van der Waals surface area contributed by atoms with Crippen molar-refractivity contribution in [2.75, 3.05) is 19.8 Å². The van der Waals surface area contributed by atoms with Crippen LogP contribution in [0.2, 0.25) is 0 Å². The van der Waals surface area contributed by atoms with E-state index in [-0.39, 0.29) is 6.67 Å². The van der Waals surface area contributed by atoms with Crippen molar-refractivity contribution in [3.05, 3.63) is 0 Å². The van der Waals surface area contributed by atoms with E-state index in [1.807, 2.05) is 0 Å². The van der Waals surface area contributed by atoms with E-state index in [0.29, 0.717) is 11.8 Å². The summed E-state index contributed by atoms with van der Waals surface area (Å²) < 4.78 is 11.8. The van der Waals surface area contributed by atoms with Crippen molar-refractivity contribution in [3.8, 4) is 0 Å². The van der Waals surface area contributed by atoms with E-state index < -0.39 is 0 Å². The maximum absolute atomic E-state index is 11.8. The third-order valence-electron chi connectivity index (χ3n) is 2.64. The topological polar surface area (TPSA) is 12.0 Å². The van der Waals surface area contributed by atoms with Gasteiger partial charge >= 0.3 is 0 Å². The highest BCUT2D eigenvalue weighted by molar-refractivity contribution is 6.20. The Balaban J connectivity index is 2.00. The molecule has 2 atom stereocenters. The summed E-state index contributed by atoms with van der Waals surface area (Å²) in [5.41, 5.74) is 0. The van der Waals surface area contributed by atoms with Gasteiger partial charge in [-0.25, -0.2) is 0 Å². The largest absolute Gasteiger partial charge is 0.316 e. The van der Waals surface area contributed by atoms with Crippen LogP contribution >= 0.6 is 11.6 Å². The van der Waals surface area contributed by atoms with Crippen LogP contribution < -0.4 is 5.32 Å². The van der Waals surface area contributed by atoms with Gasteiger partial charge in [0.25, 0.3) is 0 Å². The summed E-state index contributed by atoms with van der Waals surface area (Å²) in [6, 6.07) is 0. The molecule has 0 aliphatic heterocycles. The molecule has 1 saturated carbocycles. The van der Waals surface area contributed by atoms with Crippen LogP contribution in [0.4, 0.5) is 4.39 Å². The smallest absolute Gasteiger partial charge is 0.0906 e. The van der Waals surface area contributed by atoms with Gasteiger partial charge in [0, 0.05) is 5.38 Å². The van der Waals surface area contributed by atoms with E-state index in [4.69, 9.17) is 11.6 Å². The first-order valence-corrected chi connectivity index (χ1v) is 5.67. The SMILES string of the molecule is FCCCNCC1CCCC(Cl)C1. The van der Waals surface area contributed by atoms with Gasteiger partial charge in [0.05, 0.1) is 6.67 Å². The van der Waals surface area contributed by atoms with Gasteiger partial charge in [-0.3, -0.25) is 4.39 Å². The predicted octanol–water partition coefficient (Wildman–Crippen LogP) is 2.73. The van der Waals surface area contributed by atoms with Crippen molar-refractivity contribution >= 4 is 11.6 Å². The standard InChI is InChI=1S/C10H19ClFN/c11-10-4-1-3-9(7-10)8-13-6-2-5-12/h9-10,13H,1-8H2. The number of nitrogens with one attached hydrogen (secondary N) is 1. The van der Waals surface area contributed by atoms with E-state index in [9.17, 15) is 4.39 Å². The molecule has 0 aromatic carbocycles. The van der Waals surface area contributed by atoms with Crippen molar-refractivity contribution in [2.45, 2.75) is 37.5 Å². The van der Waals surface area contributed by atoms with E-state index in [2.05, 4.69) is 5.32 Å². The van der Waals surface area contributed by atoms with Crippen LogP contribution in [0.3, 0.4) is 0 Å². The Morgan fingerprint density at radius 3 is 2.92 bits per heavy atom. The van der Waals surface area contributed by atoms with Gasteiger partial charge in [-0.15, -0.1) is 11.6 Å². The quantitative estimate of drug-likeness (QED) is 0.540. The zero-order valence-corrected chi connectivity index (χ0v) is 8.82. The van der Waals surface area contributed by atoms with Crippen molar-refractivity contribution in [1.82, 2.24) is 5.32 Å². The molecule has 0 aromatic heterocycles. The predicted molar refractivity (Wildman–Crippen MR) is 55.1 cm³/mol. The Kier molecular flexibility index (Phi) is 5.72. The summed E-state index contributed by atoms with van der Waals surface area (Å²) in [7, 11) is 0. The molecular weight excluding hydrogens is 189 g/mol. The molecule has 0 bridgehead atoms. The lowest BCUT2D eigenvalue weighted by atomic mass is 9.89. The number of rotatable bonds is 5. The molecule has 3 heteroatoms. The van der Waals surface area contributed by atoms with Gasteiger partial charge in [0.15, 0.2) is 0 Å². The van der Waals surface area contributed by atoms with Gasteiger partial charge in [0.2, 0.25) is 0 Å². The number of halogens is 2. The fraction of sp³-hybridized carbons (Fsp3) is 1.00. The van der Waals surface area contributed by atoms with Crippen molar-refractivity contribution < 1.29 is 4.39 Å². The van der Waals surface area contributed by atoms with Gasteiger partial charge in [-0.1, -0.05) is 6.42 Å². The minimum atomic E-state index is -0.213. The molecule has 0 saturated heterocycles. The average molecular weight is 208 g/mol. The minimum absolute atomic E-state index is 0.213. The molecular formula is C10H19ClFN. The van der Waals surface area contributed by atoms with Crippen molar-refractivity contribution in [2.24, 2.45) is 5.92 Å². The Labute approximate surface area is 85.0 Å². The van der Waals surface area contributed by atoms with E-state index in [0.717, 1.165) is 25.4 Å². The second-order valence-electron chi connectivity index (χ2n) is 3.88. The van der Waals surface area contributed by atoms with Crippen molar-refractivity contribution in [3.63, 3.8) is 0 Å². The van der Waals surface area contributed by atoms with Gasteiger partial charge in [0.1, 0.15) is 0 Å². The normalized spacial score (nSPS) is 29.1. The highest BCUT2D eigenvalue weighted by Crippen LogP contribution is 2.27. The van der Waals surface area contributed by atoms with Crippen LogP contribution in [-0.4, -0.2) is 25.1 Å². The summed E-state index contributed by atoms with van der Waals surface area (Å²) in [6.45, 7) is 1.61. The molecule has 1 aliphatic carbocycles. The zero-order chi connectivity index (χ0) is 9.52. The molecule has 1 nitrogen and oxygen atoms in total. The maximum Gasteiger partial charge on any atom is 0.0906 e. The van der Waals surface area contributed by atoms with Crippen LogP contribution in [0.1, 0.15) is 32.1 Å². The van der Waals surface area contributed by atoms with Gasteiger partial charge in [-0.05, 0) is 44.7 Å². The number of hydrogen-bond acceptors (Lipinski definition) is 1. The molecule has 13 heavy (non-hydrogen) atoms. The van der Waals surface area contributed by atoms with Crippen LogP contribution in [0.15, 0.2) is 0 Å². The molecule has 0 heterocycles. The first kappa shape index (κ1) is 11.3. The van der Waals surface area contributed by atoms with E-state index in [1.165, 1.54) is 19.3 Å². The average Bonchev–Trinajstić information content (AvgIpc) is 2.13. The summed E-state index contributed by atoms with van der Waals surface area (Å²) >= 11 is 6.06. The summed E-state index contributed by atoms with van der Waals surface area (Å²) in [4.78, 5) is 0. The molecule has 0 aromatic rings. The molecule has 2 unspecified atom stereocenters. The van der Waals surface area contributed by atoms with Crippen molar-refractivity contribution in [1.29, 1.82) is 0 Å². The molecule has 78 valence electrons. The molecule has 0 radical (unpaired) electrons. The Bertz CT molecular complexity index is 132. The second kappa shape index (κ2) is 6.61. The third kappa shape index (κ3) is 4.82. The third-order valence-corrected chi connectivity index (χ3v) is 3.04. The first-order valence-electron chi connectivity index (χ1n) is 5.23. The fourth-order valence-corrected chi connectivity index (χ4v) is 2.32. The summed E-state index contributed by atoms with van der Waals surface area (Å²) in [6.07, 6.45) is 5.47. The molecule has 0 amide bonds. The maximum atomic E-state index is 11.8. The molecule has 1 rings (SSSR count). The minimum Gasteiger partial charge on any atom is -0.316 e. The number of hydrogen-bond donors (Lipinski definition) is 1. The second-order valence-corrected chi connectivity index (χ2v) is 4.49. The zero-order valence-electron chi connectivity index (χ0n) is 8.07. The first-order chi connectivity index (χ1) is 6.33. The highest BCUT2D eigenvalue weighted by atomic mass is 35.5. The fourth-order valence-electron chi connectivity index (χ4n) is 1.91. The van der Waals surface area contributed by atoms with Crippen LogP contribution in [0, 0.1) is 5.92 Å². The van der Waals surface area contributed by atoms with E-state index >= 15 is 0 Å². The van der Waals surface area contributed by atoms with Gasteiger partial charge in [-0.2, -0.15) is 0 Å². The summed E-state index contributed by atoms with van der Waals surface area (Å²) in [5.74, 6) is 0.718. The Morgan fingerprint density at radius 1 is 1.38 bits per heavy atom. The lowest BCUT2D eigenvalue weighted by Crippen LogP contribution is -2.28. The Morgan fingerprint density at radius 2 is 2.23 bits per heavy atom. The van der Waals surface area contributed by atoms with Gasteiger partial charge < -0.3 is 5.32 Å². The van der Waals surface area contributed by atoms with Crippen LogP contribution in [0.5, 0.6) is 0 Å². The molecule has 1 N–H and O–H groups in total. The lowest BCUT2D eigenvalue weighted by molar-refractivity contribution is 0.342. The number of alkyl halides is 2. The van der Waals surface area contributed by atoms with Crippen LogP contribution in [0.25, 0.3) is 0 Å². The molecule has 1 fully saturated rings. The van der Waals surface area contributed by atoms with E-state index in [1.54, 1.807) is 0 Å². The lowest BCUT2D eigenvalue weighted by Gasteiger charge is -2.25. The molecule has 0 spiro atoms. The van der Waals surface area contributed by atoms with Crippen LogP contribution in [-0.2, 0) is 0 Å². The Hall–Kier alpha value is 0.180. The summed E-state index contributed by atoms with van der Waals surface area (Å²) in [5, 5.41) is 3.65. The highest BCUT2D eigenvalue weighted by Gasteiger charge is 2.19. The molecule has 1 aliphatic rings.